The van der Waals surface area contributed by atoms with Gasteiger partial charge >= 0.3 is 6.18 Å². The fourth-order valence-corrected chi connectivity index (χ4v) is 4.50. The SMILES string of the molecule is Cc1cc(S(=O)(=O)N/N=C\c2ccc(C(F)(F)F)cc2)c2c(C)ccc(C(C)C)cc1-2. The van der Waals surface area contributed by atoms with Crippen molar-refractivity contribution in [3.05, 3.63) is 76.3 Å². The first-order chi connectivity index (χ1) is 14.4. The van der Waals surface area contributed by atoms with Crippen LogP contribution in [0.25, 0.3) is 11.1 Å². The Hall–Kier alpha value is -2.87. The Balaban J connectivity index is 1.90. The van der Waals surface area contributed by atoms with Crippen LogP contribution in [0, 0.1) is 13.8 Å². The zero-order chi connectivity index (χ0) is 23.0. The Labute approximate surface area is 180 Å². The maximum atomic E-state index is 12.9. The highest BCUT2D eigenvalue weighted by molar-refractivity contribution is 7.89. The first-order valence-corrected chi connectivity index (χ1v) is 11.1. The standard InChI is InChI=1S/C23H23F3N2O2S/c1-14(2)18-8-5-15(3)22-20(12-18)16(4)11-21(22)31(29,30)28-27-13-17-6-9-19(10-7-17)23(24,25)26/h5-14,28H,1-4H3/b27-13-. The Kier molecular flexibility index (Phi) is 6.14. The largest absolute Gasteiger partial charge is 0.416 e. The summed E-state index contributed by atoms with van der Waals surface area (Å²) in [6.45, 7) is 7.86. The van der Waals surface area contributed by atoms with Crippen LogP contribution in [0.1, 0.15) is 47.6 Å². The highest BCUT2D eigenvalue weighted by Gasteiger charge is 2.30. The minimum atomic E-state index is -4.43. The van der Waals surface area contributed by atoms with Crippen molar-refractivity contribution in [2.75, 3.05) is 0 Å². The van der Waals surface area contributed by atoms with Crippen LogP contribution in [0.5, 0.6) is 0 Å². The summed E-state index contributed by atoms with van der Waals surface area (Å²) in [5, 5.41) is 3.74. The van der Waals surface area contributed by atoms with Crippen molar-refractivity contribution >= 4 is 16.2 Å². The van der Waals surface area contributed by atoms with E-state index in [0.29, 0.717) is 11.1 Å². The van der Waals surface area contributed by atoms with Gasteiger partial charge in [-0.25, -0.2) is 4.83 Å². The van der Waals surface area contributed by atoms with Crippen LogP contribution in [-0.2, 0) is 16.2 Å². The predicted molar refractivity (Wildman–Crippen MR) is 116 cm³/mol. The molecular weight excluding hydrogens is 425 g/mol. The van der Waals surface area contributed by atoms with E-state index >= 15 is 0 Å². The third kappa shape index (κ3) is 4.90. The van der Waals surface area contributed by atoms with E-state index in [1.54, 1.807) is 6.07 Å². The van der Waals surface area contributed by atoms with Gasteiger partial charge in [0.05, 0.1) is 16.7 Å². The van der Waals surface area contributed by atoms with Crippen molar-refractivity contribution in [3.63, 3.8) is 0 Å². The van der Waals surface area contributed by atoms with E-state index in [-0.39, 0.29) is 10.8 Å². The maximum Gasteiger partial charge on any atom is 0.416 e. The first kappa shape index (κ1) is 22.8. The van der Waals surface area contributed by atoms with Crippen LogP contribution in [0.4, 0.5) is 13.2 Å². The van der Waals surface area contributed by atoms with Gasteiger partial charge in [-0.15, -0.1) is 0 Å². The second-order valence-corrected chi connectivity index (χ2v) is 9.40. The predicted octanol–water partition coefficient (Wildman–Crippen LogP) is 5.86. The normalized spacial score (nSPS) is 12.8. The van der Waals surface area contributed by atoms with Crippen molar-refractivity contribution in [1.29, 1.82) is 0 Å². The van der Waals surface area contributed by atoms with E-state index in [9.17, 15) is 21.6 Å². The average molecular weight is 449 g/mol. The molecule has 0 bridgehead atoms. The fourth-order valence-electron chi connectivity index (χ4n) is 3.34. The zero-order valence-electron chi connectivity index (χ0n) is 17.6. The minimum absolute atomic E-state index is 0.118. The zero-order valence-corrected chi connectivity index (χ0v) is 18.4. The summed E-state index contributed by atoms with van der Waals surface area (Å²) in [6, 6.07) is 11.8. The quantitative estimate of drug-likeness (QED) is 0.392. The molecule has 0 heterocycles. The van der Waals surface area contributed by atoms with E-state index in [1.807, 2.05) is 32.0 Å². The summed E-state index contributed by atoms with van der Waals surface area (Å²) in [4.78, 5) is 2.29. The lowest BCUT2D eigenvalue weighted by atomic mass is 10.0. The molecule has 1 N–H and O–H groups in total. The molecule has 1 aromatic carbocycles. The summed E-state index contributed by atoms with van der Waals surface area (Å²) in [7, 11) is -3.98. The summed E-state index contributed by atoms with van der Waals surface area (Å²) >= 11 is 0. The number of hydrogen-bond donors (Lipinski definition) is 1. The summed E-state index contributed by atoms with van der Waals surface area (Å²) < 4.78 is 63.8. The lowest BCUT2D eigenvalue weighted by Gasteiger charge is -2.07. The van der Waals surface area contributed by atoms with Crippen LogP contribution in [0.2, 0.25) is 0 Å². The molecule has 0 aromatic heterocycles. The Morgan fingerprint density at radius 2 is 1.61 bits per heavy atom. The molecule has 0 fully saturated rings. The highest BCUT2D eigenvalue weighted by Crippen LogP contribution is 2.38. The number of aryl methyl sites for hydroxylation is 2. The van der Waals surface area contributed by atoms with Gasteiger partial charge in [-0.05, 0) is 65.8 Å². The molecular formula is C23H23F3N2O2S. The van der Waals surface area contributed by atoms with E-state index < -0.39 is 21.8 Å². The summed E-state index contributed by atoms with van der Waals surface area (Å²) in [6.07, 6.45) is -3.27. The number of alkyl halides is 3. The molecule has 0 amide bonds. The number of sulfonamides is 1. The monoisotopic (exact) mass is 448 g/mol. The molecule has 4 nitrogen and oxygen atoms in total. The minimum Gasteiger partial charge on any atom is -0.200 e. The molecule has 8 heteroatoms. The maximum absolute atomic E-state index is 12.9. The molecule has 1 aromatic rings. The van der Waals surface area contributed by atoms with Gasteiger partial charge in [0.2, 0.25) is 0 Å². The van der Waals surface area contributed by atoms with E-state index in [1.165, 1.54) is 18.3 Å². The van der Waals surface area contributed by atoms with Gasteiger partial charge in [0.15, 0.2) is 0 Å². The second kappa shape index (κ2) is 8.34. The number of rotatable bonds is 5. The molecule has 2 aliphatic rings. The number of hydrazone groups is 1. The molecule has 164 valence electrons. The molecule has 3 rings (SSSR count). The number of halogens is 3. The topological polar surface area (TPSA) is 58.5 Å². The molecule has 2 aliphatic carbocycles. The van der Waals surface area contributed by atoms with Crippen LogP contribution in [-0.4, -0.2) is 14.6 Å². The van der Waals surface area contributed by atoms with E-state index in [0.717, 1.165) is 34.4 Å². The molecule has 0 unspecified atom stereocenters. The van der Waals surface area contributed by atoms with Crippen LogP contribution < -0.4 is 4.83 Å². The van der Waals surface area contributed by atoms with Crippen molar-refractivity contribution in [1.82, 2.24) is 4.83 Å². The first-order valence-electron chi connectivity index (χ1n) is 9.66. The Morgan fingerprint density at radius 1 is 0.968 bits per heavy atom. The van der Waals surface area contributed by atoms with Crippen molar-refractivity contribution in [2.45, 2.75) is 44.7 Å². The van der Waals surface area contributed by atoms with Crippen molar-refractivity contribution in [3.8, 4) is 11.1 Å². The number of hydrogen-bond acceptors (Lipinski definition) is 3. The van der Waals surface area contributed by atoms with E-state index in [2.05, 4.69) is 23.8 Å². The molecule has 0 saturated heterocycles. The molecule has 31 heavy (non-hydrogen) atoms. The molecule has 0 saturated carbocycles. The van der Waals surface area contributed by atoms with Gasteiger partial charge in [0.25, 0.3) is 10.0 Å². The number of benzene rings is 1. The van der Waals surface area contributed by atoms with Crippen LogP contribution >= 0.6 is 0 Å². The second-order valence-electron chi connectivity index (χ2n) is 7.77. The van der Waals surface area contributed by atoms with E-state index in [4.69, 9.17) is 0 Å². The van der Waals surface area contributed by atoms with Gasteiger partial charge in [-0.2, -0.15) is 26.7 Å². The lowest BCUT2D eigenvalue weighted by Crippen LogP contribution is -2.18. The molecule has 0 aliphatic heterocycles. The molecule has 0 spiro atoms. The third-order valence-corrected chi connectivity index (χ3v) is 6.35. The Morgan fingerprint density at radius 3 is 2.19 bits per heavy atom. The van der Waals surface area contributed by atoms with Crippen molar-refractivity contribution in [2.24, 2.45) is 5.10 Å². The van der Waals surface area contributed by atoms with Gasteiger partial charge in [-0.1, -0.05) is 44.2 Å². The van der Waals surface area contributed by atoms with Gasteiger partial charge in [0, 0.05) is 5.56 Å². The summed E-state index contributed by atoms with van der Waals surface area (Å²) in [5.74, 6) is 0.288. The number of nitrogens with one attached hydrogen (secondary N) is 1. The number of nitrogens with zero attached hydrogens (tertiary/aromatic N) is 1. The van der Waals surface area contributed by atoms with Crippen LogP contribution in [0.3, 0.4) is 0 Å². The summed E-state index contributed by atoms with van der Waals surface area (Å²) in [5.41, 5.74) is 3.80. The lowest BCUT2D eigenvalue weighted by molar-refractivity contribution is -0.137. The van der Waals surface area contributed by atoms with Crippen molar-refractivity contribution < 1.29 is 21.6 Å². The smallest absolute Gasteiger partial charge is 0.200 e. The number of fused-ring (bicyclic) bond motifs is 1. The van der Waals surface area contributed by atoms with Gasteiger partial charge < -0.3 is 0 Å². The Bertz CT molecular complexity index is 1200. The van der Waals surface area contributed by atoms with Gasteiger partial charge in [0.1, 0.15) is 0 Å². The molecule has 0 radical (unpaired) electrons. The fraction of sp³-hybridized carbons (Fsp3) is 0.261. The van der Waals surface area contributed by atoms with Crippen LogP contribution in [0.15, 0.2) is 58.5 Å². The van der Waals surface area contributed by atoms with Gasteiger partial charge in [-0.3, -0.25) is 0 Å². The third-order valence-electron chi connectivity index (χ3n) is 5.10. The highest BCUT2D eigenvalue weighted by atomic mass is 32.2. The molecule has 0 atom stereocenters. The average Bonchev–Trinajstić information content (AvgIpc) is 2.90.